The van der Waals surface area contributed by atoms with Gasteiger partial charge in [0, 0.05) is 30.2 Å². The number of carbonyl (C=O) groups is 2. The standard InChI is InChI=1S/C23H16F2N4O3/c24-16-8-9-19(25)20(11-16)27-21(30)14-32-23(31)18-13-29(17-6-2-1-3-7-17)28-22(18)15-5-4-10-26-12-15/h1-13H,14H2,(H,27,30). The van der Waals surface area contributed by atoms with Gasteiger partial charge in [-0.05, 0) is 36.4 Å². The zero-order valence-electron chi connectivity index (χ0n) is 16.5. The van der Waals surface area contributed by atoms with Crippen molar-refractivity contribution in [1.82, 2.24) is 14.8 Å². The van der Waals surface area contributed by atoms with Crippen molar-refractivity contribution >= 4 is 17.6 Å². The highest BCUT2D eigenvalue weighted by Crippen LogP contribution is 2.24. The van der Waals surface area contributed by atoms with Crippen LogP contribution in [0.3, 0.4) is 0 Å². The van der Waals surface area contributed by atoms with Crippen LogP contribution < -0.4 is 5.32 Å². The van der Waals surface area contributed by atoms with Crippen LogP contribution in [-0.4, -0.2) is 33.2 Å². The maximum atomic E-state index is 13.7. The Bertz CT molecular complexity index is 1260. The zero-order chi connectivity index (χ0) is 22.5. The number of amides is 1. The summed E-state index contributed by atoms with van der Waals surface area (Å²) in [5.74, 6) is -3.15. The van der Waals surface area contributed by atoms with Gasteiger partial charge in [0.15, 0.2) is 6.61 Å². The Hall–Kier alpha value is -4.40. The van der Waals surface area contributed by atoms with Crippen LogP contribution >= 0.6 is 0 Å². The number of rotatable bonds is 6. The molecule has 9 heteroatoms. The van der Waals surface area contributed by atoms with E-state index in [4.69, 9.17) is 4.74 Å². The van der Waals surface area contributed by atoms with E-state index in [1.54, 1.807) is 24.5 Å². The van der Waals surface area contributed by atoms with Gasteiger partial charge in [-0.25, -0.2) is 18.3 Å². The number of hydrogen-bond acceptors (Lipinski definition) is 5. The number of anilines is 1. The number of ether oxygens (including phenoxy) is 1. The first-order valence-corrected chi connectivity index (χ1v) is 9.49. The molecule has 4 rings (SSSR count). The molecule has 0 saturated carbocycles. The predicted molar refractivity (Wildman–Crippen MR) is 112 cm³/mol. The Morgan fingerprint density at radius 2 is 1.84 bits per heavy atom. The van der Waals surface area contributed by atoms with Gasteiger partial charge < -0.3 is 10.1 Å². The SMILES string of the molecule is O=C(COC(=O)c1cn(-c2ccccc2)nc1-c1cccnc1)Nc1cc(F)ccc1F. The highest BCUT2D eigenvalue weighted by atomic mass is 19.1. The number of halogens is 2. The lowest BCUT2D eigenvalue weighted by atomic mass is 10.1. The van der Waals surface area contributed by atoms with Crippen molar-refractivity contribution in [3.63, 3.8) is 0 Å². The summed E-state index contributed by atoms with van der Waals surface area (Å²) in [6.07, 6.45) is 4.63. The predicted octanol–water partition coefficient (Wildman–Crippen LogP) is 4.01. The lowest BCUT2D eigenvalue weighted by Gasteiger charge is -2.07. The Morgan fingerprint density at radius 1 is 1.03 bits per heavy atom. The summed E-state index contributed by atoms with van der Waals surface area (Å²) >= 11 is 0. The first-order valence-electron chi connectivity index (χ1n) is 9.49. The van der Waals surface area contributed by atoms with Crippen molar-refractivity contribution in [2.75, 3.05) is 11.9 Å². The maximum Gasteiger partial charge on any atom is 0.342 e. The molecule has 0 aliphatic carbocycles. The number of benzene rings is 2. The fourth-order valence-electron chi connectivity index (χ4n) is 2.94. The summed E-state index contributed by atoms with van der Waals surface area (Å²) in [4.78, 5) is 28.9. The van der Waals surface area contributed by atoms with Crippen molar-refractivity contribution in [2.24, 2.45) is 0 Å². The molecule has 0 radical (unpaired) electrons. The Morgan fingerprint density at radius 3 is 2.59 bits per heavy atom. The second-order valence-corrected chi connectivity index (χ2v) is 6.66. The van der Waals surface area contributed by atoms with Crippen LogP contribution in [0, 0.1) is 11.6 Å². The van der Waals surface area contributed by atoms with E-state index in [0.717, 1.165) is 23.9 Å². The lowest BCUT2D eigenvalue weighted by molar-refractivity contribution is -0.119. The van der Waals surface area contributed by atoms with Crippen molar-refractivity contribution in [1.29, 1.82) is 0 Å². The minimum Gasteiger partial charge on any atom is -0.452 e. The summed E-state index contributed by atoms with van der Waals surface area (Å²) in [5, 5.41) is 6.65. The average Bonchev–Trinajstić information content (AvgIpc) is 3.27. The monoisotopic (exact) mass is 434 g/mol. The normalized spacial score (nSPS) is 10.6. The van der Waals surface area contributed by atoms with Crippen LogP contribution in [-0.2, 0) is 9.53 Å². The van der Waals surface area contributed by atoms with E-state index in [1.165, 1.54) is 10.9 Å². The van der Waals surface area contributed by atoms with E-state index in [2.05, 4.69) is 15.4 Å². The number of esters is 1. The topological polar surface area (TPSA) is 86.1 Å². The number of hydrogen-bond donors (Lipinski definition) is 1. The second-order valence-electron chi connectivity index (χ2n) is 6.66. The van der Waals surface area contributed by atoms with E-state index in [-0.39, 0.29) is 11.3 Å². The summed E-state index contributed by atoms with van der Waals surface area (Å²) in [6.45, 7) is -0.697. The van der Waals surface area contributed by atoms with Crippen molar-refractivity contribution in [3.05, 3.63) is 96.5 Å². The third-order valence-corrected chi connectivity index (χ3v) is 4.43. The maximum absolute atomic E-state index is 13.7. The Balaban J connectivity index is 1.54. The van der Waals surface area contributed by atoms with Crippen LogP contribution in [0.5, 0.6) is 0 Å². The smallest absolute Gasteiger partial charge is 0.342 e. The molecule has 1 amide bonds. The number of aromatic nitrogens is 3. The van der Waals surface area contributed by atoms with Crippen molar-refractivity contribution < 1.29 is 23.1 Å². The number of nitrogens with one attached hydrogen (secondary N) is 1. The molecule has 160 valence electrons. The van der Waals surface area contributed by atoms with E-state index < -0.39 is 30.1 Å². The molecular formula is C23H16F2N4O3. The van der Waals surface area contributed by atoms with Gasteiger partial charge in [0.2, 0.25) is 0 Å². The van der Waals surface area contributed by atoms with Crippen LogP contribution in [0.15, 0.2) is 79.3 Å². The fraction of sp³-hybridized carbons (Fsp3) is 0.0435. The Kier molecular flexibility index (Phi) is 5.98. The van der Waals surface area contributed by atoms with Gasteiger partial charge in [0.25, 0.3) is 5.91 Å². The van der Waals surface area contributed by atoms with Gasteiger partial charge in [-0.2, -0.15) is 5.10 Å². The van der Waals surface area contributed by atoms with Gasteiger partial charge in [-0.15, -0.1) is 0 Å². The van der Waals surface area contributed by atoms with E-state index in [9.17, 15) is 18.4 Å². The van der Waals surface area contributed by atoms with Gasteiger partial charge in [-0.1, -0.05) is 18.2 Å². The molecule has 0 aliphatic heterocycles. The summed E-state index contributed by atoms with van der Waals surface area (Å²) in [5.41, 5.74) is 1.39. The van der Waals surface area contributed by atoms with E-state index in [0.29, 0.717) is 11.3 Å². The van der Waals surface area contributed by atoms with Gasteiger partial charge >= 0.3 is 5.97 Å². The molecule has 0 atom stereocenters. The number of pyridine rings is 1. The third kappa shape index (κ3) is 4.67. The minimum absolute atomic E-state index is 0.117. The Labute approximate surface area is 181 Å². The molecule has 0 bridgehead atoms. The summed E-state index contributed by atoms with van der Waals surface area (Å²) < 4.78 is 33.6. The molecule has 0 unspecified atom stereocenters. The zero-order valence-corrected chi connectivity index (χ0v) is 16.5. The highest BCUT2D eigenvalue weighted by Gasteiger charge is 2.21. The molecule has 1 N–H and O–H groups in total. The quantitative estimate of drug-likeness (QED) is 0.464. The number of nitrogens with zero attached hydrogens (tertiary/aromatic N) is 3. The van der Waals surface area contributed by atoms with E-state index in [1.807, 2.05) is 30.3 Å². The minimum atomic E-state index is -0.818. The first-order chi connectivity index (χ1) is 15.5. The van der Waals surface area contributed by atoms with Gasteiger partial charge in [0.05, 0.1) is 11.4 Å². The summed E-state index contributed by atoms with van der Waals surface area (Å²) in [7, 11) is 0. The highest BCUT2D eigenvalue weighted by molar-refractivity contribution is 5.98. The lowest BCUT2D eigenvalue weighted by Crippen LogP contribution is -2.21. The third-order valence-electron chi connectivity index (χ3n) is 4.43. The molecule has 32 heavy (non-hydrogen) atoms. The molecule has 0 saturated heterocycles. The molecule has 2 heterocycles. The van der Waals surface area contributed by atoms with Crippen molar-refractivity contribution in [2.45, 2.75) is 0 Å². The van der Waals surface area contributed by atoms with Crippen LogP contribution in [0.4, 0.5) is 14.5 Å². The first kappa shape index (κ1) is 20.9. The molecule has 2 aromatic carbocycles. The molecule has 0 fully saturated rings. The number of carbonyl (C=O) groups excluding carboxylic acids is 2. The average molecular weight is 434 g/mol. The second kappa shape index (κ2) is 9.17. The molecule has 0 spiro atoms. The molecular weight excluding hydrogens is 418 g/mol. The van der Waals surface area contributed by atoms with Crippen LogP contribution in [0.25, 0.3) is 16.9 Å². The molecule has 0 aliphatic rings. The van der Waals surface area contributed by atoms with Crippen molar-refractivity contribution in [3.8, 4) is 16.9 Å². The number of para-hydroxylation sites is 1. The fourth-order valence-corrected chi connectivity index (χ4v) is 2.94. The van der Waals surface area contributed by atoms with Crippen LogP contribution in [0.1, 0.15) is 10.4 Å². The largest absolute Gasteiger partial charge is 0.452 e. The van der Waals surface area contributed by atoms with Gasteiger partial charge in [-0.3, -0.25) is 9.78 Å². The molecule has 7 nitrogen and oxygen atoms in total. The molecule has 4 aromatic rings. The van der Waals surface area contributed by atoms with E-state index >= 15 is 0 Å². The molecule has 2 aromatic heterocycles. The van der Waals surface area contributed by atoms with Crippen LogP contribution in [0.2, 0.25) is 0 Å². The van der Waals surface area contributed by atoms with Gasteiger partial charge in [0.1, 0.15) is 22.9 Å². The summed E-state index contributed by atoms with van der Waals surface area (Å²) in [6, 6.07) is 15.2.